The van der Waals surface area contributed by atoms with Gasteiger partial charge in [-0.05, 0) is 17.7 Å². The van der Waals surface area contributed by atoms with Crippen LogP contribution in [0, 0.1) is 0 Å². The van der Waals surface area contributed by atoms with Gasteiger partial charge in [0.1, 0.15) is 12.2 Å². The molecular formula is C21H18N4O. The number of para-hydroxylation sites is 1. The van der Waals surface area contributed by atoms with Crippen LogP contribution >= 0.6 is 0 Å². The van der Waals surface area contributed by atoms with Gasteiger partial charge in [-0.25, -0.2) is 0 Å². The van der Waals surface area contributed by atoms with Crippen molar-refractivity contribution in [3.05, 3.63) is 84.7 Å². The Morgan fingerprint density at radius 1 is 0.962 bits per heavy atom. The van der Waals surface area contributed by atoms with Crippen LogP contribution < -0.4 is 5.32 Å². The maximum atomic E-state index is 12.4. The van der Waals surface area contributed by atoms with Crippen LogP contribution in [0.3, 0.4) is 0 Å². The van der Waals surface area contributed by atoms with Crippen molar-refractivity contribution in [3.63, 3.8) is 0 Å². The van der Waals surface area contributed by atoms with Gasteiger partial charge in [-0.1, -0.05) is 54.6 Å². The molecule has 4 rings (SSSR count). The number of benzene rings is 2. The third-order valence-electron chi connectivity index (χ3n) is 4.21. The molecule has 1 N–H and O–H groups in total. The highest BCUT2D eigenvalue weighted by Gasteiger charge is 2.13. The predicted octanol–water partition coefficient (Wildman–Crippen LogP) is 3.41. The third kappa shape index (κ3) is 3.32. The Labute approximate surface area is 151 Å². The van der Waals surface area contributed by atoms with Crippen molar-refractivity contribution < 1.29 is 4.79 Å². The fourth-order valence-electron chi connectivity index (χ4n) is 2.95. The molecule has 0 spiro atoms. The molecule has 0 unspecified atom stereocenters. The summed E-state index contributed by atoms with van der Waals surface area (Å²) in [6, 6.07) is 21.8. The predicted molar refractivity (Wildman–Crippen MR) is 101 cm³/mol. The van der Waals surface area contributed by atoms with Gasteiger partial charge < -0.3 is 5.32 Å². The fraction of sp³-hybridized carbons (Fsp3) is 0.0952. The summed E-state index contributed by atoms with van der Waals surface area (Å²) in [6.45, 7) is 0.630. The van der Waals surface area contributed by atoms with E-state index in [0.717, 1.165) is 27.7 Å². The van der Waals surface area contributed by atoms with Gasteiger partial charge in [0.15, 0.2) is 0 Å². The highest BCUT2D eigenvalue weighted by molar-refractivity contribution is 5.94. The molecule has 26 heavy (non-hydrogen) atoms. The lowest BCUT2D eigenvalue weighted by molar-refractivity contribution is -0.121. The number of carbonyl (C=O) groups is 1. The monoisotopic (exact) mass is 342 g/mol. The van der Waals surface area contributed by atoms with Crippen molar-refractivity contribution in [1.82, 2.24) is 20.1 Å². The smallest absolute Gasteiger partial charge is 0.242 e. The van der Waals surface area contributed by atoms with E-state index >= 15 is 0 Å². The first-order chi connectivity index (χ1) is 12.8. The number of nitrogens with one attached hydrogen (secondary N) is 1. The van der Waals surface area contributed by atoms with Crippen LogP contribution in [0.25, 0.3) is 22.2 Å². The molecule has 0 saturated heterocycles. The number of hydrogen-bond donors (Lipinski definition) is 1. The standard InChI is InChI=1S/C21H18N4O/c26-20(23-14-16-7-6-12-22-13-16)15-25-19-11-5-4-10-18(19)21(24-25)17-8-2-1-3-9-17/h1-13H,14-15H2,(H,23,26). The lowest BCUT2D eigenvalue weighted by atomic mass is 10.1. The summed E-state index contributed by atoms with van der Waals surface area (Å²) in [5.74, 6) is -0.0817. The average Bonchev–Trinajstić information content (AvgIpc) is 3.06. The largest absolute Gasteiger partial charge is 0.350 e. The summed E-state index contributed by atoms with van der Waals surface area (Å²) in [6.07, 6.45) is 3.46. The second kappa shape index (κ2) is 7.19. The minimum Gasteiger partial charge on any atom is -0.350 e. The molecule has 0 fully saturated rings. The van der Waals surface area contributed by atoms with Crippen LogP contribution in [0.5, 0.6) is 0 Å². The van der Waals surface area contributed by atoms with Gasteiger partial charge in [0.2, 0.25) is 5.91 Å². The Bertz CT molecular complexity index is 1030. The second-order valence-corrected chi connectivity index (χ2v) is 6.03. The van der Waals surface area contributed by atoms with E-state index < -0.39 is 0 Å². The van der Waals surface area contributed by atoms with E-state index in [4.69, 9.17) is 5.10 Å². The number of hydrogen-bond acceptors (Lipinski definition) is 3. The van der Waals surface area contributed by atoms with Gasteiger partial charge in [-0.3, -0.25) is 14.5 Å². The molecule has 5 nitrogen and oxygen atoms in total. The van der Waals surface area contributed by atoms with Gasteiger partial charge in [-0.15, -0.1) is 0 Å². The third-order valence-corrected chi connectivity index (χ3v) is 4.21. The highest BCUT2D eigenvalue weighted by atomic mass is 16.2. The summed E-state index contributed by atoms with van der Waals surface area (Å²) in [7, 11) is 0. The van der Waals surface area contributed by atoms with E-state index in [1.54, 1.807) is 17.1 Å². The zero-order chi connectivity index (χ0) is 17.8. The maximum Gasteiger partial charge on any atom is 0.242 e. The highest BCUT2D eigenvalue weighted by Crippen LogP contribution is 2.27. The zero-order valence-corrected chi connectivity index (χ0v) is 14.2. The Kier molecular flexibility index (Phi) is 4.43. The number of carbonyl (C=O) groups excluding carboxylic acids is 1. The Morgan fingerprint density at radius 3 is 2.58 bits per heavy atom. The van der Waals surface area contributed by atoms with Gasteiger partial charge in [-0.2, -0.15) is 5.10 Å². The Morgan fingerprint density at radius 2 is 1.77 bits per heavy atom. The van der Waals surface area contributed by atoms with Crippen LogP contribution in [0.2, 0.25) is 0 Å². The van der Waals surface area contributed by atoms with E-state index in [0.29, 0.717) is 6.54 Å². The van der Waals surface area contributed by atoms with Crippen molar-refractivity contribution in [3.8, 4) is 11.3 Å². The fourth-order valence-corrected chi connectivity index (χ4v) is 2.95. The van der Waals surface area contributed by atoms with Gasteiger partial charge in [0, 0.05) is 29.9 Å². The van der Waals surface area contributed by atoms with Crippen molar-refractivity contribution in [2.75, 3.05) is 0 Å². The van der Waals surface area contributed by atoms with Crippen LogP contribution in [-0.4, -0.2) is 20.7 Å². The van der Waals surface area contributed by atoms with Crippen molar-refractivity contribution in [1.29, 1.82) is 0 Å². The topological polar surface area (TPSA) is 59.8 Å². The molecule has 2 heterocycles. The first-order valence-corrected chi connectivity index (χ1v) is 8.48. The molecule has 0 atom stereocenters. The SMILES string of the molecule is O=C(Cn1nc(-c2ccccc2)c2ccccc21)NCc1cccnc1. The number of fused-ring (bicyclic) bond motifs is 1. The number of pyridine rings is 1. The first-order valence-electron chi connectivity index (χ1n) is 8.48. The lowest BCUT2D eigenvalue weighted by Gasteiger charge is -2.06. The summed E-state index contributed by atoms with van der Waals surface area (Å²) >= 11 is 0. The number of aromatic nitrogens is 3. The Hall–Kier alpha value is -3.47. The average molecular weight is 342 g/mol. The summed E-state index contributed by atoms with van der Waals surface area (Å²) in [5, 5.41) is 8.66. The second-order valence-electron chi connectivity index (χ2n) is 6.03. The van der Waals surface area contributed by atoms with Gasteiger partial charge in [0.05, 0.1) is 5.52 Å². The number of rotatable bonds is 5. The molecule has 1 amide bonds. The molecule has 0 saturated carbocycles. The maximum absolute atomic E-state index is 12.4. The summed E-state index contributed by atoms with van der Waals surface area (Å²) in [5.41, 5.74) is 3.85. The minimum atomic E-state index is -0.0817. The van der Waals surface area contributed by atoms with Crippen molar-refractivity contribution in [2.45, 2.75) is 13.1 Å². The molecule has 0 aliphatic rings. The molecule has 4 aromatic rings. The molecule has 5 heteroatoms. The number of amides is 1. The van der Waals surface area contributed by atoms with Gasteiger partial charge >= 0.3 is 0 Å². The molecule has 128 valence electrons. The minimum absolute atomic E-state index is 0.0817. The van der Waals surface area contributed by atoms with E-state index in [9.17, 15) is 4.79 Å². The zero-order valence-electron chi connectivity index (χ0n) is 14.2. The molecule has 0 aliphatic carbocycles. The molecular weight excluding hydrogens is 324 g/mol. The van der Waals surface area contributed by atoms with E-state index in [1.807, 2.05) is 66.7 Å². The molecule has 0 bridgehead atoms. The molecule has 2 aromatic carbocycles. The summed E-state index contributed by atoms with van der Waals surface area (Å²) < 4.78 is 1.76. The van der Waals surface area contributed by atoms with E-state index in [2.05, 4.69) is 10.3 Å². The quantitative estimate of drug-likeness (QED) is 0.604. The molecule has 2 aromatic heterocycles. The van der Waals surface area contributed by atoms with Crippen LogP contribution in [0.15, 0.2) is 79.1 Å². The van der Waals surface area contributed by atoms with Crippen molar-refractivity contribution >= 4 is 16.8 Å². The van der Waals surface area contributed by atoms with Gasteiger partial charge in [0.25, 0.3) is 0 Å². The number of nitrogens with zero attached hydrogens (tertiary/aromatic N) is 3. The normalized spacial score (nSPS) is 10.8. The van der Waals surface area contributed by atoms with E-state index in [1.165, 1.54) is 0 Å². The molecule has 0 aliphatic heterocycles. The van der Waals surface area contributed by atoms with Crippen LogP contribution in [-0.2, 0) is 17.9 Å². The van der Waals surface area contributed by atoms with E-state index in [-0.39, 0.29) is 12.5 Å². The van der Waals surface area contributed by atoms with Crippen molar-refractivity contribution in [2.24, 2.45) is 0 Å². The van der Waals surface area contributed by atoms with Crippen LogP contribution in [0.1, 0.15) is 5.56 Å². The lowest BCUT2D eigenvalue weighted by Crippen LogP contribution is -2.27. The molecule has 0 radical (unpaired) electrons. The Balaban J connectivity index is 1.58. The van der Waals surface area contributed by atoms with Crippen LogP contribution in [0.4, 0.5) is 0 Å². The first kappa shape index (κ1) is 16.0. The summed E-state index contributed by atoms with van der Waals surface area (Å²) in [4.78, 5) is 16.4.